The summed E-state index contributed by atoms with van der Waals surface area (Å²) in [6.07, 6.45) is 3.11. The van der Waals surface area contributed by atoms with Crippen molar-refractivity contribution >= 4 is 44.3 Å². The molecule has 0 bridgehead atoms. The van der Waals surface area contributed by atoms with Gasteiger partial charge in [-0.25, -0.2) is 17.8 Å². The zero-order valence-electron chi connectivity index (χ0n) is 19.5. The van der Waals surface area contributed by atoms with Gasteiger partial charge in [-0.2, -0.15) is 4.31 Å². The Morgan fingerprint density at radius 3 is 2.80 bits per heavy atom. The molecule has 1 atom stereocenters. The number of nitrogens with one attached hydrogen (secondary N) is 2. The third kappa shape index (κ3) is 5.66. The second-order valence-electron chi connectivity index (χ2n) is 9.67. The fourth-order valence-corrected chi connectivity index (χ4v) is 6.34. The molecule has 1 fully saturated rings. The number of carbonyl (C=O) groups is 1. The van der Waals surface area contributed by atoms with Crippen molar-refractivity contribution in [1.82, 2.24) is 14.3 Å². The molecule has 0 spiro atoms. The molecule has 0 radical (unpaired) electrons. The van der Waals surface area contributed by atoms with E-state index in [1.165, 1.54) is 34.9 Å². The largest absolute Gasteiger partial charge is 0.393 e. The lowest BCUT2D eigenvalue weighted by molar-refractivity contribution is 0.102. The number of fused-ring (bicyclic) bond motifs is 1. The van der Waals surface area contributed by atoms with Gasteiger partial charge < -0.3 is 15.4 Å². The normalized spacial score (nSPS) is 19.6. The molecule has 0 saturated carbocycles. The minimum atomic E-state index is -4.03. The molecule has 0 aliphatic carbocycles. The zero-order valence-corrected chi connectivity index (χ0v) is 21.1. The van der Waals surface area contributed by atoms with E-state index >= 15 is 0 Å². The van der Waals surface area contributed by atoms with Crippen LogP contribution in [-0.4, -0.2) is 52.9 Å². The van der Waals surface area contributed by atoms with Crippen LogP contribution in [0.1, 0.15) is 49.9 Å². The first-order valence-corrected chi connectivity index (χ1v) is 13.2. The number of hydrogen-bond acceptors (Lipinski definition) is 5. The molecule has 4 rings (SSSR count). The number of hydrogen-bond donors (Lipinski definition) is 3. The molecular weight excluding hydrogens is 495 g/mol. The Labute approximate surface area is 208 Å². The van der Waals surface area contributed by atoms with Crippen LogP contribution < -0.4 is 5.32 Å². The van der Waals surface area contributed by atoms with E-state index in [1.807, 2.05) is 0 Å². The first-order chi connectivity index (χ1) is 16.5. The highest BCUT2D eigenvalue weighted by Gasteiger charge is 2.32. The number of carbonyl (C=O) groups excluding carboxylic acids is 1. The highest BCUT2D eigenvalue weighted by molar-refractivity contribution is 7.89. The number of benzene rings is 2. The third-order valence-corrected chi connectivity index (χ3v) is 8.51. The van der Waals surface area contributed by atoms with Gasteiger partial charge in [-0.05, 0) is 61.4 Å². The van der Waals surface area contributed by atoms with Crippen LogP contribution in [0.5, 0.6) is 0 Å². The Kier molecular flexibility index (Phi) is 7.19. The van der Waals surface area contributed by atoms with Crippen LogP contribution in [-0.2, 0) is 10.0 Å². The van der Waals surface area contributed by atoms with E-state index in [2.05, 4.69) is 29.1 Å². The van der Waals surface area contributed by atoms with Crippen LogP contribution in [0, 0.1) is 11.2 Å². The van der Waals surface area contributed by atoms with Gasteiger partial charge >= 0.3 is 0 Å². The standard InChI is InChI=1S/C24H28ClFN4O4S/c1-24(2)7-3-8-30(9-6-17(31)13-24)35(33,34)21-11-15(10-20-22(21)28-14-27-20)23(32)29-16-4-5-19(26)18(25)12-16/h4-5,10-12,14,17,31H,3,6-9,13H2,1-2H3,(H,27,28)(H,29,32). The molecule has 1 amide bonds. The number of sulfonamides is 1. The Morgan fingerprint density at radius 2 is 2.06 bits per heavy atom. The van der Waals surface area contributed by atoms with Crippen molar-refractivity contribution in [3.05, 3.63) is 53.1 Å². The smallest absolute Gasteiger partial charge is 0.255 e. The van der Waals surface area contributed by atoms with Gasteiger partial charge in [0.25, 0.3) is 5.91 Å². The average Bonchev–Trinajstić information content (AvgIpc) is 3.27. The fraction of sp³-hybridized carbons (Fsp3) is 0.417. The maximum Gasteiger partial charge on any atom is 0.255 e. The minimum absolute atomic E-state index is 0.0874. The van der Waals surface area contributed by atoms with Gasteiger partial charge in [0, 0.05) is 24.3 Å². The van der Waals surface area contributed by atoms with Crippen LogP contribution in [0.25, 0.3) is 11.0 Å². The lowest BCUT2D eigenvalue weighted by Crippen LogP contribution is -2.34. The molecule has 3 N–H and O–H groups in total. The average molecular weight is 523 g/mol. The van der Waals surface area contributed by atoms with E-state index in [-0.39, 0.29) is 38.6 Å². The topological polar surface area (TPSA) is 115 Å². The second kappa shape index (κ2) is 9.85. The van der Waals surface area contributed by atoms with Crippen LogP contribution in [0.15, 0.2) is 41.6 Å². The molecule has 188 valence electrons. The van der Waals surface area contributed by atoms with E-state index in [0.29, 0.717) is 31.3 Å². The number of aromatic amines is 1. The first kappa shape index (κ1) is 25.6. The third-order valence-electron chi connectivity index (χ3n) is 6.31. The summed E-state index contributed by atoms with van der Waals surface area (Å²) in [7, 11) is -4.03. The number of aromatic nitrogens is 2. The number of rotatable bonds is 4. The number of imidazole rings is 1. The van der Waals surface area contributed by atoms with Gasteiger partial charge in [-0.1, -0.05) is 25.4 Å². The monoisotopic (exact) mass is 522 g/mol. The van der Waals surface area contributed by atoms with Crippen molar-refractivity contribution in [3.8, 4) is 0 Å². The van der Waals surface area contributed by atoms with Gasteiger partial charge in [0.05, 0.1) is 23.0 Å². The number of nitrogens with zero attached hydrogens (tertiary/aromatic N) is 2. The lowest BCUT2D eigenvalue weighted by Gasteiger charge is -2.26. The van der Waals surface area contributed by atoms with Crippen LogP contribution in [0.2, 0.25) is 5.02 Å². The SMILES string of the molecule is CC1(C)CCCN(S(=O)(=O)c2cc(C(=O)Nc3ccc(F)c(Cl)c3)cc3[nH]cnc23)CCC(O)C1. The van der Waals surface area contributed by atoms with Crippen molar-refractivity contribution in [2.24, 2.45) is 5.41 Å². The van der Waals surface area contributed by atoms with Crippen LogP contribution >= 0.6 is 11.6 Å². The molecule has 1 aromatic heterocycles. The zero-order chi connectivity index (χ0) is 25.4. The van der Waals surface area contributed by atoms with Gasteiger partial charge in [-0.15, -0.1) is 0 Å². The van der Waals surface area contributed by atoms with Crippen LogP contribution in [0.4, 0.5) is 10.1 Å². The fourth-order valence-electron chi connectivity index (χ4n) is 4.48. The summed E-state index contributed by atoms with van der Waals surface area (Å²) in [5, 5.41) is 12.9. The Bertz CT molecular complexity index is 1360. The van der Waals surface area contributed by atoms with Crippen LogP contribution in [0.3, 0.4) is 0 Å². The van der Waals surface area contributed by atoms with Gasteiger partial charge in [-0.3, -0.25) is 4.79 Å². The molecule has 1 aliphatic heterocycles. The summed E-state index contributed by atoms with van der Waals surface area (Å²) in [6, 6.07) is 6.57. The van der Waals surface area contributed by atoms with E-state index in [9.17, 15) is 22.7 Å². The maximum absolute atomic E-state index is 13.8. The maximum atomic E-state index is 13.8. The van der Waals surface area contributed by atoms with E-state index in [4.69, 9.17) is 11.6 Å². The van der Waals surface area contributed by atoms with Gasteiger partial charge in [0.2, 0.25) is 10.0 Å². The van der Waals surface area contributed by atoms with Crippen molar-refractivity contribution in [2.45, 2.75) is 50.5 Å². The summed E-state index contributed by atoms with van der Waals surface area (Å²) in [6.45, 7) is 4.61. The summed E-state index contributed by atoms with van der Waals surface area (Å²) in [5.41, 5.74) is 0.889. The Hall–Kier alpha value is -2.53. The van der Waals surface area contributed by atoms with Gasteiger partial charge in [0.15, 0.2) is 0 Å². The molecule has 1 unspecified atom stereocenters. The minimum Gasteiger partial charge on any atom is -0.393 e. The molecule has 2 heterocycles. The Morgan fingerprint density at radius 1 is 1.29 bits per heavy atom. The van der Waals surface area contributed by atoms with Crippen molar-refractivity contribution < 1.29 is 22.7 Å². The summed E-state index contributed by atoms with van der Waals surface area (Å²) in [5.74, 6) is -1.20. The quantitative estimate of drug-likeness (QED) is 0.464. The number of aliphatic hydroxyl groups is 1. The number of aliphatic hydroxyl groups excluding tert-OH is 1. The molecule has 1 aliphatic rings. The van der Waals surface area contributed by atoms with Crippen molar-refractivity contribution in [3.63, 3.8) is 0 Å². The predicted octanol–water partition coefficient (Wildman–Crippen LogP) is 4.56. The van der Waals surface area contributed by atoms with Crippen molar-refractivity contribution in [1.29, 1.82) is 0 Å². The Balaban J connectivity index is 1.68. The molecule has 2 aromatic carbocycles. The first-order valence-electron chi connectivity index (χ1n) is 11.4. The van der Waals surface area contributed by atoms with Crippen molar-refractivity contribution in [2.75, 3.05) is 18.4 Å². The number of anilines is 1. The molecule has 1 saturated heterocycles. The summed E-state index contributed by atoms with van der Waals surface area (Å²) < 4.78 is 42.3. The lowest BCUT2D eigenvalue weighted by atomic mass is 9.82. The number of amides is 1. The number of H-pyrrole nitrogens is 1. The van der Waals surface area contributed by atoms with E-state index in [1.54, 1.807) is 0 Å². The summed E-state index contributed by atoms with van der Waals surface area (Å²) >= 11 is 5.80. The highest BCUT2D eigenvalue weighted by Crippen LogP contribution is 2.33. The highest BCUT2D eigenvalue weighted by atomic mass is 35.5. The molecule has 11 heteroatoms. The molecule has 35 heavy (non-hydrogen) atoms. The molecular formula is C24H28ClFN4O4S. The van der Waals surface area contributed by atoms with Gasteiger partial charge in [0.1, 0.15) is 16.2 Å². The van der Waals surface area contributed by atoms with E-state index in [0.717, 1.165) is 12.5 Å². The van der Waals surface area contributed by atoms with E-state index < -0.39 is 27.9 Å². The number of halogens is 2. The predicted molar refractivity (Wildman–Crippen MR) is 132 cm³/mol. The summed E-state index contributed by atoms with van der Waals surface area (Å²) in [4.78, 5) is 19.9. The molecule has 3 aromatic rings. The molecule has 8 nitrogen and oxygen atoms in total. The second-order valence-corrected chi connectivity index (χ2v) is 12.0.